The van der Waals surface area contributed by atoms with E-state index in [4.69, 9.17) is 10.2 Å². The molecule has 2 heterocycles. The van der Waals surface area contributed by atoms with Crippen LogP contribution in [0.25, 0.3) is 11.0 Å². The fourth-order valence-electron chi connectivity index (χ4n) is 2.29. The summed E-state index contributed by atoms with van der Waals surface area (Å²) in [7, 11) is 0. The van der Waals surface area contributed by atoms with Crippen molar-refractivity contribution in [3.05, 3.63) is 46.2 Å². The zero-order valence-corrected chi connectivity index (χ0v) is 12.6. The zero-order chi connectivity index (χ0) is 14.3. The van der Waals surface area contributed by atoms with E-state index in [1.807, 2.05) is 18.2 Å². The molecule has 0 bridgehead atoms. The smallest absolute Gasteiger partial charge is 0.134 e. The lowest BCUT2D eigenvalue weighted by molar-refractivity contribution is 0.525. The van der Waals surface area contributed by atoms with Gasteiger partial charge in [-0.1, -0.05) is 30.0 Å². The number of hydrogen-bond acceptors (Lipinski definition) is 5. The molecule has 0 aliphatic rings. The van der Waals surface area contributed by atoms with Crippen LogP contribution >= 0.6 is 11.5 Å². The molecule has 0 aliphatic carbocycles. The van der Waals surface area contributed by atoms with E-state index in [1.165, 1.54) is 17.1 Å². The van der Waals surface area contributed by atoms with Crippen LogP contribution in [0.3, 0.4) is 0 Å². The lowest BCUT2D eigenvalue weighted by atomic mass is 10.0. The van der Waals surface area contributed by atoms with Crippen LogP contribution in [0.5, 0.6) is 0 Å². The maximum absolute atomic E-state index is 6.34. The first kappa shape index (κ1) is 13.3. The third-order valence-corrected chi connectivity index (χ3v) is 4.19. The van der Waals surface area contributed by atoms with Crippen LogP contribution in [0.2, 0.25) is 0 Å². The summed E-state index contributed by atoms with van der Waals surface area (Å²) in [6, 6.07) is 7.82. The van der Waals surface area contributed by atoms with Gasteiger partial charge in [0.25, 0.3) is 0 Å². The Balaban J connectivity index is 2.03. The number of aromatic nitrogens is 2. The Kier molecular flexibility index (Phi) is 3.31. The monoisotopic (exact) mass is 287 g/mol. The van der Waals surface area contributed by atoms with E-state index in [0.717, 1.165) is 27.3 Å². The highest BCUT2D eigenvalue weighted by atomic mass is 32.1. The standard InChI is InChI=1S/C15H17N3OS/c1-8(2)14-15(20-18-17-14)13(16)12-7-10-6-9(3)4-5-11(10)19-12/h4-8,13H,16H2,1-3H3. The molecular formula is C15H17N3OS. The van der Waals surface area contributed by atoms with Gasteiger partial charge in [0.2, 0.25) is 0 Å². The van der Waals surface area contributed by atoms with Gasteiger partial charge in [-0.3, -0.25) is 0 Å². The van der Waals surface area contributed by atoms with Gasteiger partial charge < -0.3 is 10.2 Å². The summed E-state index contributed by atoms with van der Waals surface area (Å²) in [5.74, 6) is 1.07. The van der Waals surface area contributed by atoms with E-state index in [2.05, 4.69) is 36.4 Å². The van der Waals surface area contributed by atoms with E-state index in [0.29, 0.717) is 5.92 Å². The molecule has 1 aromatic carbocycles. The lowest BCUT2D eigenvalue weighted by Crippen LogP contribution is -2.12. The summed E-state index contributed by atoms with van der Waals surface area (Å²) in [6.45, 7) is 6.25. The van der Waals surface area contributed by atoms with Gasteiger partial charge >= 0.3 is 0 Å². The summed E-state index contributed by atoms with van der Waals surface area (Å²) < 4.78 is 9.90. The van der Waals surface area contributed by atoms with Gasteiger partial charge in [0.15, 0.2) is 0 Å². The largest absolute Gasteiger partial charge is 0.459 e. The normalized spacial score (nSPS) is 13.2. The number of nitrogens with zero attached hydrogens (tertiary/aromatic N) is 2. The fourth-order valence-corrected chi connectivity index (χ4v) is 3.10. The van der Waals surface area contributed by atoms with Crippen molar-refractivity contribution in [2.45, 2.75) is 32.7 Å². The number of aryl methyl sites for hydroxylation is 1. The number of furan rings is 1. The van der Waals surface area contributed by atoms with Gasteiger partial charge in [0, 0.05) is 5.39 Å². The summed E-state index contributed by atoms with van der Waals surface area (Å²) >= 11 is 1.35. The Morgan fingerprint density at radius 3 is 2.80 bits per heavy atom. The van der Waals surface area contributed by atoms with Crippen LogP contribution in [0, 0.1) is 6.92 Å². The summed E-state index contributed by atoms with van der Waals surface area (Å²) in [5, 5.41) is 5.26. The molecule has 104 valence electrons. The molecule has 1 unspecified atom stereocenters. The van der Waals surface area contributed by atoms with Crippen molar-refractivity contribution >= 4 is 22.5 Å². The van der Waals surface area contributed by atoms with Gasteiger partial charge in [-0.2, -0.15) is 0 Å². The first-order valence-corrected chi connectivity index (χ1v) is 7.41. The van der Waals surface area contributed by atoms with Gasteiger partial charge in [-0.25, -0.2) is 0 Å². The summed E-state index contributed by atoms with van der Waals surface area (Å²) in [5.41, 5.74) is 9.37. The Hall–Kier alpha value is -1.72. The van der Waals surface area contributed by atoms with Crippen LogP contribution in [0.1, 0.15) is 47.7 Å². The molecule has 1 atom stereocenters. The van der Waals surface area contributed by atoms with Crippen molar-refractivity contribution in [1.82, 2.24) is 9.59 Å². The third-order valence-electron chi connectivity index (χ3n) is 3.37. The topological polar surface area (TPSA) is 64.9 Å². The van der Waals surface area contributed by atoms with Crippen molar-refractivity contribution in [3.63, 3.8) is 0 Å². The number of rotatable bonds is 3. The zero-order valence-electron chi connectivity index (χ0n) is 11.8. The lowest BCUT2D eigenvalue weighted by Gasteiger charge is -2.09. The van der Waals surface area contributed by atoms with Crippen molar-refractivity contribution < 1.29 is 4.42 Å². The third kappa shape index (κ3) is 2.23. The predicted octanol–water partition coefficient (Wildman–Crippen LogP) is 3.76. The van der Waals surface area contributed by atoms with E-state index < -0.39 is 0 Å². The van der Waals surface area contributed by atoms with Crippen LogP contribution in [0.15, 0.2) is 28.7 Å². The maximum Gasteiger partial charge on any atom is 0.134 e. The van der Waals surface area contributed by atoms with Crippen molar-refractivity contribution in [2.24, 2.45) is 5.73 Å². The van der Waals surface area contributed by atoms with Gasteiger partial charge in [0.05, 0.1) is 10.6 Å². The Labute approximate surface area is 121 Å². The van der Waals surface area contributed by atoms with Crippen LogP contribution in [0.4, 0.5) is 0 Å². The molecule has 0 spiro atoms. The van der Waals surface area contributed by atoms with Crippen LogP contribution < -0.4 is 5.73 Å². The second-order valence-corrected chi connectivity index (χ2v) is 6.13. The minimum atomic E-state index is -0.305. The van der Waals surface area contributed by atoms with Crippen molar-refractivity contribution in [1.29, 1.82) is 0 Å². The molecule has 2 N–H and O–H groups in total. The molecule has 2 aromatic heterocycles. The van der Waals surface area contributed by atoms with Crippen molar-refractivity contribution in [2.75, 3.05) is 0 Å². The minimum Gasteiger partial charge on any atom is -0.459 e. The molecule has 3 aromatic rings. The fraction of sp³-hybridized carbons (Fsp3) is 0.333. The number of benzene rings is 1. The predicted molar refractivity (Wildman–Crippen MR) is 81.0 cm³/mol. The van der Waals surface area contributed by atoms with Crippen LogP contribution in [-0.4, -0.2) is 9.59 Å². The molecule has 0 radical (unpaired) electrons. The Bertz CT molecular complexity index is 744. The molecular weight excluding hydrogens is 270 g/mol. The second-order valence-electron chi connectivity index (χ2n) is 5.34. The molecule has 3 rings (SSSR count). The minimum absolute atomic E-state index is 0.305. The Morgan fingerprint density at radius 2 is 2.05 bits per heavy atom. The molecule has 4 nitrogen and oxygen atoms in total. The Morgan fingerprint density at radius 1 is 1.25 bits per heavy atom. The maximum atomic E-state index is 6.34. The molecule has 0 saturated carbocycles. The van der Waals surface area contributed by atoms with E-state index >= 15 is 0 Å². The van der Waals surface area contributed by atoms with E-state index in [9.17, 15) is 0 Å². The molecule has 5 heteroatoms. The highest BCUT2D eigenvalue weighted by Crippen LogP contribution is 2.32. The quantitative estimate of drug-likeness (QED) is 0.796. The highest BCUT2D eigenvalue weighted by Gasteiger charge is 2.22. The molecule has 0 saturated heterocycles. The summed E-state index contributed by atoms with van der Waals surface area (Å²) in [6.07, 6.45) is 0. The summed E-state index contributed by atoms with van der Waals surface area (Å²) in [4.78, 5) is 0.982. The van der Waals surface area contributed by atoms with Gasteiger partial charge in [-0.05, 0) is 42.6 Å². The molecule has 0 amide bonds. The molecule has 0 fully saturated rings. The van der Waals surface area contributed by atoms with E-state index in [1.54, 1.807) is 0 Å². The number of hydrogen-bond donors (Lipinski definition) is 1. The number of nitrogens with two attached hydrogens (primary N) is 1. The van der Waals surface area contributed by atoms with Gasteiger partial charge in [0.1, 0.15) is 17.4 Å². The number of fused-ring (bicyclic) bond motifs is 1. The average Bonchev–Trinajstić information content (AvgIpc) is 3.03. The van der Waals surface area contributed by atoms with Crippen LogP contribution in [-0.2, 0) is 0 Å². The van der Waals surface area contributed by atoms with E-state index in [-0.39, 0.29) is 6.04 Å². The molecule has 0 aliphatic heterocycles. The average molecular weight is 287 g/mol. The second kappa shape index (κ2) is 5.00. The first-order chi connectivity index (χ1) is 9.56. The molecule has 20 heavy (non-hydrogen) atoms. The SMILES string of the molecule is Cc1ccc2oc(C(N)c3snnc3C(C)C)cc2c1. The van der Waals surface area contributed by atoms with Gasteiger partial charge in [-0.15, -0.1) is 5.10 Å². The first-order valence-electron chi connectivity index (χ1n) is 6.64. The van der Waals surface area contributed by atoms with Crippen molar-refractivity contribution in [3.8, 4) is 0 Å². The highest BCUT2D eigenvalue weighted by molar-refractivity contribution is 7.05.